The van der Waals surface area contributed by atoms with Gasteiger partial charge in [-0.2, -0.15) is 18.2 Å². The summed E-state index contributed by atoms with van der Waals surface area (Å²) in [6.07, 6.45) is -3.45. The van der Waals surface area contributed by atoms with E-state index in [1.807, 2.05) is 0 Å². The van der Waals surface area contributed by atoms with Gasteiger partial charge in [0.25, 0.3) is 0 Å². The van der Waals surface area contributed by atoms with Crippen LogP contribution in [-0.2, 0) is 19.9 Å². The number of aryl methyl sites for hydroxylation is 1. The largest absolute Gasteiger partial charge is 0.405 e. The smallest absolute Gasteiger partial charge is 0.359 e. The molecule has 0 unspecified atom stereocenters. The second-order valence-electron chi connectivity index (χ2n) is 9.16. The second kappa shape index (κ2) is 10.6. The number of nitrogens with one attached hydrogen (secondary N) is 2. The first-order valence-corrected chi connectivity index (χ1v) is 15.1. The van der Waals surface area contributed by atoms with Crippen LogP contribution in [0.25, 0.3) is 22.3 Å². The van der Waals surface area contributed by atoms with Crippen LogP contribution in [-0.4, -0.2) is 50.8 Å². The molecule has 4 N–H and O–H groups in total. The highest BCUT2D eigenvalue weighted by Gasteiger charge is 2.28. The van der Waals surface area contributed by atoms with Crippen molar-refractivity contribution in [3.8, 4) is 11.3 Å². The van der Waals surface area contributed by atoms with Crippen LogP contribution in [0.5, 0.6) is 0 Å². The third kappa shape index (κ3) is 6.84. The zero-order valence-corrected chi connectivity index (χ0v) is 23.1. The highest BCUT2D eigenvalue weighted by atomic mass is 32.2. The summed E-state index contributed by atoms with van der Waals surface area (Å²) in [5, 5.41) is 10.4. The Bertz CT molecular complexity index is 1800. The molecular weight excluding hydrogens is 569 g/mol. The summed E-state index contributed by atoms with van der Waals surface area (Å²) in [6, 6.07) is 13.2. The summed E-state index contributed by atoms with van der Waals surface area (Å²) in [5.74, 6) is -0.177. The molecule has 0 aliphatic rings. The number of rotatable bonds is 8. The molecule has 4 rings (SSSR count). The average Bonchev–Trinajstić information content (AvgIpc) is 2.85. The number of alkyl halides is 3. The van der Waals surface area contributed by atoms with E-state index in [2.05, 4.69) is 25.6 Å². The van der Waals surface area contributed by atoms with E-state index in [1.165, 1.54) is 18.2 Å². The second-order valence-corrected chi connectivity index (χ2v) is 12.7. The summed E-state index contributed by atoms with van der Waals surface area (Å²) in [4.78, 5) is 13.1. The van der Waals surface area contributed by atoms with Crippen LogP contribution in [0.15, 0.2) is 64.4 Å². The van der Waals surface area contributed by atoms with Crippen LogP contribution in [0.4, 0.5) is 24.9 Å². The van der Waals surface area contributed by atoms with Gasteiger partial charge in [-0.05, 0) is 55.3 Å². The van der Waals surface area contributed by atoms with Crippen molar-refractivity contribution in [1.82, 2.24) is 15.0 Å². The lowest BCUT2D eigenvalue weighted by Gasteiger charge is -2.17. The van der Waals surface area contributed by atoms with Crippen molar-refractivity contribution in [2.24, 2.45) is 5.14 Å². The maximum absolute atomic E-state index is 13.1. The van der Waals surface area contributed by atoms with Crippen molar-refractivity contribution in [2.45, 2.75) is 35.9 Å². The Morgan fingerprint density at radius 3 is 2.23 bits per heavy atom. The van der Waals surface area contributed by atoms with Gasteiger partial charge in [-0.3, -0.25) is 0 Å². The van der Waals surface area contributed by atoms with Crippen molar-refractivity contribution >= 4 is 42.7 Å². The van der Waals surface area contributed by atoms with Crippen LogP contribution in [0, 0.1) is 6.92 Å². The molecule has 40 heavy (non-hydrogen) atoms. The number of primary sulfonamides is 1. The summed E-state index contributed by atoms with van der Waals surface area (Å²) in [5.41, 5.74) is 2.26. The molecular formula is C25H25F3N6O4S2. The number of sulfonamides is 1. The monoisotopic (exact) mass is 594 g/mol. The number of nitrogens with zero attached hydrogens (tertiary/aromatic N) is 3. The van der Waals surface area contributed by atoms with Crippen LogP contribution >= 0.6 is 0 Å². The van der Waals surface area contributed by atoms with Crippen molar-refractivity contribution in [3.05, 3.63) is 65.7 Å². The maximum Gasteiger partial charge on any atom is 0.405 e. The van der Waals surface area contributed by atoms with Gasteiger partial charge < -0.3 is 10.6 Å². The van der Waals surface area contributed by atoms with E-state index < -0.39 is 38.6 Å². The Hall–Kier alpha value is -3.82. The van der Waals surface area contributed by atoms with E-state index in [0.29, 0.717) is 22.4 Å². The number of fused-ring (bicyclic) bond motifs is 1. The lowest BCUT2D eigenvalue weighted by Crippen LogP contribution is -2.22. The number of hydrogen-bond acceptors (Lipinski definition) is 9. The number of aromatic nitrogens is 3. The van der Waals surface area contributed by atoms with Gasteiger partial charge in [0.05, 0.1) is 27.0 Å². The molecule has 0 fully saturated rings. The first-order chi connectivity index (χ1) is 18.5. The minimum atomic E-state index is -4.54. The summed E-state index contributed by atoms with van der Waals surface area (Å²) < 4.78 is 86.6. The zero-order chi connectivity index (χ0) is 29.5. The van der Waals surface area contributed by atoms with E-state index in [0.717, 1.165) is 6.26 Å². The fourth-order valence-electron chi connectivity index (χ4n) is 3.93. The fraction of sp³-hybridized carbons (Fsp3) is 0.240. The normalized spacial score (nSPS) is 13.3. The first kappa shape index (κ1) is 29.2. The van der Waals surface area contributed by atoms with E-state index >= 15 is 0 Å². The molecule has 1 atom stereocenters. The molecule has 15 heteroatoms. The highest BCUT2D eigenvalue weighted by molar-refractivity contribution is 7.90. The average molecular weight is 595 g/mol. The predicted octanol–water partition coefficient (Wildman–Crippen LogP) is 4.20. The molecule has 0 aliphatic carbocycles. The Morgan fingerprint density at radius 1 is 0.950 bits per heavy atom. The number of anilines is 2. The molecule has 0 radical (unpaired) electrons. The first-order valence-electron chi connectivity index (χ1n) is 11.7. The number of benzene rings is 2. The molecule has 2 aromatic heterocycles. The fourth-order valence-corrected chi connectivity index (χ4v) is 5.44. The lowest BCUT2D eigenvalue weighted by molar-refractivity contribution is -0.115. The highest BCUT2D eigenvalue weighted by Crippen LogP contribution is 2.29. The summed E-state index contributed by atoms with van der Waals surface area (Å²) >= 11 is 0. The summed E-state index contributed by atoms with van der Waals surface area (Å²) in [6.45, 7) is 2.02. The Morgan fingerprint density at radius 2 is 1.62 bits per heavy atom. The predicted molar refractivity (Wildman–Crippen MR) is 145 cm³/mol. The zero-order valence-electron chi connectivity index (χ0n) is 21.5. The summed E-state index contributed by atoms with van der Waals surface area (Å²) in [7, 11) is -7.39. The molecule has 212 valence electrons. The van der Waals surface area contributed by atoms with Crippen molar-refractivity contribution in [1.29, 1.82) is 0 Å². The molecule has 4 aromatic rings. The van der Waals surface area contributed by atoms with E-state index in [-0.39, 0.29) is 32.6 Å². The molecule has 2 aromatic carbocycles. The molecule has 0 aliphatic heterocycles. The van der Waals surface area contributed by atoms with Gasteiger partial charge in [-0.25, -0.2) is 31.9 Å². The molecule has 0 bridgehead atoms. The number of sulfone groups is 1. The molecule has 0 amide bonds. The van der Waals surface area contributed by atoms with E-state index in [9.17, 15) is 30.0 Å². The third-order valence-corrected chi connectivity index (χ3v) is 8.10. The van der Waals surface area contributed by atoms with Gasteiger partial charge in [0, 0.05) is 11.8 Å². The SMILES string of the molecule is Cc1ccc(-c2ccc3nc(N[C@H](C)c4ccc(S(N)(=O)=O)cc4)nc(NCC(F)(F)F)c3n2)cc1S(C)(=O)=O. The third-order valence-electron chi connectivity index (χ3n) is 5.94. The van der Waals surface area contributed by atoms with Gasteiger partial charge >= 0.3 is 6.18 Å². The van der Waals surface area contributed by atoms with Crippen LogP contribution in [0.1, 0.15) is 24.1 Å². The number of hydrogen-bond donors (Lipinski definition) is 3. The molecule has 10 nitrogen and oxygen atoms in total. The van der Waals surface area contributed by atoms with Crippen molar-refractivity contribution in [2.75, 3.05) is 23.4 Å². The standard InChI is InChI=1S/C25H25F3N6O4S2/c1-14-4-5-17(12-21(14)39(3,35)36)19-10-11-20-22(32-19)23(30-13-25(26,27)28)34-24(33-20)31-15(2)16-6-8-18(9-7-16)40(29,37)38/h4-12,15H,13H2,1-3H3,(H2,29,37,38)(H2,30,31,33,34)/t15-/m1/s1. The minimum absolute atomic E-state index is 0.00412. The van der Waals surface area contributed by atoms with Gasteiger partial charge in [-0.15, -0.1) is 0 Å². The molecule has 0 spiro atoms. The van der Waals surface area contributed by atoms with Crippen LogP contribution in [0.2, 0.25) is 0 Å². The van der Waals surface area contributed by atoms with Gasteiger partial charge in [0.15, 0.2) is 15.7 Å². The van der Waals surface area contributed by atoms with Crippen LogP contribution < -0.4 is 15.8 Å². The molecule has 0 saturated carbocycles. The minimum Gasteiger partial charge on any atom is -0.359 e. The Kier molecular flexibility index (Phi) is 7.75. The van der Waals surface area contributed by atoms with Gasteiger partial charge in [0.2, 0.25) is 16.0 Å². The molecule has 0 saturated heterocycles. The topological polar surface area (TPSA) is 157 Å². The van der Waals surface area contributed by atoms with Crippen molar-refractivity contribution in [3.63, 3.8) is 0 Å². The van der Waals surface area contributed by atoms with Crippen LogP contribution in [0.3, 0.4) is 0 Å². The number of halogens is 3. The van der Waals surface area contributed by atoms with Crippen molar-refractivity contribution < 1.29 is 30.0 Å². The lowest BCUT2D eigenvalue weighted by atomic mass is 10.1. The maximum atomic E-state index is 13.1. The molecule has 2 heterocycles. The Labute approximate surface area is 228 Å². The number of pyridine rings is 1. The number of nitrogens with two attached hydrogens (primary N) is 1. The van der Waals surface area contributed by atoms with Gasteiger partial charge in [0.1, 0.15) is 12.1 Å². The Balaban J connectivity index is 1.74. The van der Waals surface area contributed by atoms with E-state index in [1.54, 1.807) is 50.2 Å². The van der Waals surface area contributed by atoms with Gasteiger partial charge in [-0.1, -0.05) is 24.3 Å². The van der Waals surface area contributed by atoms with E-state index in [4.69, 9.17) is 5.14 Å². The quantitative estimate of drug-likeness (QED) is 0.272.